The maximum absolute atomic E-state index is 13.3. The molecule has 4 rings (SSSR count). The van der Waals surface area contributed by atoms with Crippen molar-refractivity contribution >= 4 is 23.4 Å². The van der Waals surface area contributed by atoms with Crippen LogP contribution in [-0.4, -0.2) is 20.7 Å². The van der Waals surface area contributed by atoms with Crippen molar-refractivity contribution in [2.24, 2.45) is 0 Å². The predicted molar refractivity (Wildman–Crippen MR) is 130 cm³/mol. The summed E-state index contributed by atoms with van der Waals surface area (Å²) in [6, 6.07) is 29.4. The van der Waals surface area contributed by atoms with Crippen LogP contribution in [0.25, 0.3) is 0 Å². The topological polar surface area (TPSA) is 59.8 Å². The minimum Gasteiger partial charge on any atom is -0.325 e. The van der Waals surface area contributed by atoms with E-state index in [1.807, 2.05) is 89.5 Å². The molecule has 3 aromatic carbocycles. The van der Waals surface area contributed by atoms with Gasteiger partial charge < -0.3 is 9.88 Å². The molecule has 1 atom stereocenters. The van der Waals surface area contributed by atoms with Crippen LogP contribution in [0.1, 0.15) is 22.2 Å². The molecule has 0 saturated heterocycles. The van der Waals surface area contributed by atoms with Crippen LogP contribution in [0.2, 0.25) is 0 Å². The van der Waals surface area contributed by atoms with Crippen molar-refractivity contribution in [1.82, 2.24) is 14.8 Å². The molecule has 0 fully saturated rings. The van der Waals surface area contributed by atoms with Crippen LogP contribution in [0.15, 0.2) is 109 Å². The Bertz CT molecular complexity index is 1160. The number of nitrogens with zero attached hydrogens (tertiary/aromatic N) is 3. The molecular formula is C26H24N4OS. The lowest BCUT2D eigenvalue weighted by molar-refractivity contribution is -0.115. The number of allylic oxidation sites excluding steroid dienone is 1. The lowest BCUT2D eigenvalue weighted by atomic mass is 10.1. The molecule has 160 valence electrons. The van der Waals surface area contributed by atoms with Crippen LogP contribution < -0.4 is 5.32 Å². The van der Waals surface area contributed by atoms with Gasteiger partial charge in [0.1, 0.15) is 11.1 Å². The Labute approximate surface area is 192 Å². The van der Waals surface area contributed by atoms with Crippen molar-refractivity contribution < 1.29 is 4.79 Å². The molecule has 6 heteroatoms. The first-order valence-corrected chi connectivity index (χ1v) is 11.3. The standard InChI is InChI=1S/C26H24N4OS/c1-2-18-30-23(19-20-12-6-3-7-13-20)28-29-26(30)32-24(21-14-8-4-9-15-21)25(31)27-22-16-10-5-11-17-22/h2-17,24H,1,18-19H2,(H,27,31). The van der Waals surface area contributed by atoms with E-state index < -0.39 is 5.25 Å². The van der Waals surface area contributed by atoms with E-state index >= 15 is 0 Å². The van der Waals surface area contributed by atoms with Gasteiger partial charge in [0.2, 0.25) is 5.91 Å². The molecule has 0 saturated carbocycles. The second-order valence-corrected chi connectivity index (χ2v) is 8.30. The number of thioether (sulfide) groups is 1. The number of carbonyl (C=O) groups excluding carboxylic acids is 1. The van der Waals surface area contributed by atoms with Gasteiger partial charge in [-0.25, -0.2) is 0 Å². The normalized spacial score (nSPS) is 11.6. The summed E-state index contributed by atoms with van der Waals surface area (Å²) in [5.74, 6) is 0.735. The highest BCUT2D eigenvalue weighted by Crippen LogP contribution is 2.36. The second kappa shape index (κ2) is 10.6. The molecule has 0 radical (unpaired) electrons. The summed E-state index contributed by atoms with van der Waals surface area (Å²) in [5, 5.41) is 12.1. The Hall–Kier alpha value is -3.64. The minimum atomic E-state index is -0.478. The van der Waals surface area contributed by atoms with Crippen LogP contribution >= 0.6 is 11.8 Å². The number of amides is 1. The Kier molecular flexibility index (Phi) is 7.15. The highest BCUT2D eigenvalue weighted by molar-refractivity contribution is 8.00. The van der Waals surface area contributed by atoms with E-state index in [4.69, 9.17) is 0 Å². The molecule has 0 aliphatic heterocycles. The summed E-state index contributed by atoms with van der Waals surface area (Å²) in [4.78, 5) is 13.3. The Morgan fingerprint density at radius 3 is 2.22 bits per heavy atom. The summed E-state index contributed by atoms with van der Waals surface area (Å²) < 4.78 is 2.02. The number of hydrogen-bond donors (Lipinski definition) is 1. The van der Waals surface area contributed by atoms with Gasteiger partial charge in [0, 0.05) is 18.7 Å². The van der Waals surface area contributed by atoms with E-state index in [1.165, 1.54) is 11.8 Å². The predicted octanol–water partition coefficient (Wildman–Crippen LogP) is 5.53. The number of hydrogen-bond acceptors (Lipinski definition) is 4. The molecule has 32 heavy (non-hydrogen) atoms. The van der Waals surface area contributed by atoms with Crippen molar-refractivity contribution in [3.63, 3.8) is 0 Å². The Morgan fingerprint density at radius 1 is 0.938 bits per heavy atom. The van der Waals surface area contributed by atoms with Crippen LogP contribution in [0.5, 0.6) is 0 Å². The summed E-state index contributed by atoms with van der Waals surface area (Å²) in [6.07, 6.45) is 2.48. The molecule has 5 nitrogen and oxygen atoms in total. The van der Waals surface area contributed by atoms with Crippen LogP contribution in [0.4, 0.5) is 5.69 Å². The molecular weight excluding hydrogens is 416 g/mol. The third-order valence-corrected chi connectivity index (χ3v) is 6.15. The average molecular weight is 441 g/mol. The lowest BCUT2D eigenvalue weighted by Crippen LogP contribution is -2.19. The quantitative estimate of drug-likeness (QED) is 0.275. The zero-order chi connectivity index (χ0) is 22.2. The van der Waals surface area contributed by atoms with Gasteiger partial charge in [-0.3, -0.25) is 4.79 Å². The molecule has 4 aromatic rings. The van der Waals surface area contributed by atoms with Crippen molar-refractivity contribution in [2.75, 3.05) is 5.32 Å². The number of aromatic nitrogens is 3. The van der Waals surface area contributed by atoms with Crippen molar-refractivity contribution in [3.05, 3.63) is 121 Å². The highest BCUT2D eigenvalue weighted by Gasteiger charge is 2.25. The molecule has 0 aliphatic rings. The summed E-state index contributed by atoms with van der Waals surface area (Å²) >= 11 is 1.40. The minimum absolute atomic E-state index is 0.106. The summed E-state index contributed by atoms with van der Waals surface area (Å²) in [5.41, 5.74) is 2.82. The number of para-hydroxylation sites is 1. The zero-order valence-electron chi connectivity index (χ0n) is 17.6. The summed E-state index contributed by atoms with van der Waals surface area (Å²) in [7, 11) is 0. The number of benzene rings is 3. The fraction of sp³-hybridized carbons (Fsp3) is 0.115. The first-order valence-electron chi connectivity index (χ1n) is 10.4. The monoisotopic (exact) mass is 440 g/mol. The van der Waals surface area contributed by atoms with Gasteiger partial charge in [-0.15, -0.1) is 16.8 Å². The SMILES string of the molecule is C=CCn1c(Cc2ccccc2)nnc1SC(C(=O)Nc1ccccc1)c1ccccc1. The number of carbonyl (C=O) groups is 1. The summed E-state index contributed by atoms with van der Waals surface area (Å²) in [6.45, 7) is 4.46. The van der Waals surface area contributed by atoms with E-state index in [0.29, 0.717) is 18.1 Å². The van der Waals surface area contributed by atoms with E-state index in [1.54, 1.807) is 0 Å². The van der Waals surface area contributed by atoms with Crippen molar-refractivity contribution in [3.8, 4) is 0 Å². The first-order chi connectivity index (χ1) is 15.7. The Morgan fingerprint density at radius 2 is 1.56 bits per heavy atom. The van der Waals surface area contributed by atoms with Gasteiger partial charge in [-0.1, -0.05) is 96.7 Å². The van der Waals surface area contributed by atoms with Crippen molar-refractivity contribution in [2.45, 2.75) is 23.4 Å². The van der Waals surface area contributed by atoms with Crippen molar-refractivity contribution in [1.29, 1.82) is 0 Å². The molecule has 1 aromatic heterocycles. The molecule has 0 bridgehead atoms. The third-order valence-electron chi connectivity index (χ3n) is 4.92. The molecule has 1 unspecified atom stereocenters. The fourth-order valence-electron chi connectivity index (χ4n) is 3.36. The maximum atomic E-state index is 13.3. The van der Waals surface area contributed by atoms with E-state index in [0.717, 1.165) is 22.6 Å². The van der Waals surface area contributed by atoms with E-state index in [2.05, 4.69) is 34.2 Å². The largest absolute Gasteiger partial charge is 0.325 e. The fourth-order valence-corrected chi connectivity index (χ4v) is 4.43. The second-order valence-electron chi connectivity index (χ2n) is 7.22. The van der Waals surface area contributed by atoms with E-state index in [9.17, 15) is 4.79 Å². The number of nitrogens with one attached hydrogen (secondary N) is 1. The van der Waals surface area contributed by atoms with E-state index in [-0.39, 0.29) is 5.91 Å². The molecule has 1 N–H and O–H groups in total. The molecule has 1 heterocycles. The molecule has 0 aliphatic carbocycles. The van der Waals surface area contributed by atoms with Crippen LogP contribution in [0, 0.1) is 0 Å². The number of anilines is 1. The van der Waals surface area contributed by atoms with Gasteiger partial charge in [0.15, 0.2) is 5.16 Å². The third kappa shape index (κ3) is 5.34. The smallest absolute Gasteiger partial charge is 0.242 e. The van der Waals surface area contributed by atoms with Gasteiger partial charge in [-0.05, 0) is 23.3 Å². The van der Waals surface area contributed by atoms with Crippen LogP contribution in [-0.2, 0) is 17.8 Å². The van der Waals surface area contributed by atoms with Gasteiger partial charge in [0.05, 0.1) is 0 Å². The molecule has 1 amide bonds. The lowest BCUT2D eigenvalue weighted by Gasteiger charge is -2.17. The first kappa shape index (κ1) is 21.6. The Balaban J connectivity index is 1.63. The maximum Gasteiger partial charge on any atom is 0.242 e. The zero-order valence-corrected chi connectivity index (χ0v) is 18.4. The average Bonchev–Trinajstić information content (AvgIpc) is 3.20. The van der Waals surface area contributed by atoms with Gasteiger partial charge in [0.25, 0.3) is 0 Å². The molecule has 0 spiro atoms. The van der Waals surface area contributed by atoms with Gasteiger partial charge >= 0.3 is 0 Å². The van der Waals surface area contributed by atoms with Crippen LogP contribution in [0.3, 0.4) is 0 Å². The van der Waals surface area contributed by atoms with Gasteiger partial charge in [-0.2, -0.15) is 0 Å². The highest BCUT2D eigenvalue weighted by atomic mass is 32.2. The number of rotatable bonds is 9.